The van der Waals surface area contributed by atoms with Gasteiger partial charge in [-0.1, -0.05) is 44.0 Å². The van der Waals surface area contributed by atoms with Crippen LogP contribution in [0.25, 0.3) is 0 Å². The van der Waals surface area contributed by atoms with Gasteiger partial charge in [-0.15, -0.1) is 5.10 Å². The normalized spacial score (nSPS) is 10.6. The van der Waals surface area contributed by atoms with Gasteiger partial charge in [0.1, 0.15) is 18.1 Å². The maximum absolute atomic E-state index is 11.1. The molecule has 0 aliphatic heterocycles. The minimum absolute atomic E-state index is 0.304. The lowest BCUT2D eigenvalue weighted by Crippen LogP contribution is -2.09. The molecule has 5 heteroatoms. The van der Waals surface area contributed by atoms with Crippen molar-refractivity contribution in [2.75, 3.05) is 0 Å². The van der Waals surface area contributed by atoms with Crippen LogP contribution in [-0.4, -0.2) is 21.3 Å². The van der Waals surface area contributed by atoms with Crippen molar-refractivity contribution >= 4 is 6.29 Å². The molecule has 0 aliphatic rings. The van der Waals surface area contributed by atoms with Gasteiger partial charge >= 0.3 is 0 Å². The predicted molar refractivity (Wildman–Crippen MR) is 85.1 cm³/mol. The van der Waals surface area contributed by atoms with Gasteiger partial charge in [0, 0.05) is 6.54 Å². The van der Waals surface area contributed by atoms with Crippen LogP contribution in [0.2, 0.25) is 0 Å². The first kappa shape index (κ1) is 16.2. The van der Waals surface area contributed by atoms with Crippen LogP contribution in [0.1, 0.15) is 54.9 Å². The first-order valence-electron chi connectivity index (χ1n) is 7.87. The van der Waals surface area contributed by atoms with E-state index in [0.29, 0.717) is 12.3 Å². The number of benzene rings is 1. The third kappa shape index (κ3) is 4.16. The van der Waals surface area contributed by atoms with Crippen LogP contribution in [0.5, 0.6) is 5.75 Å². The number of nitrogens with zero attached hydrogens (tertiary/aromatic N) is 3. The van der Waals surface area contributed by atoms with Crippen molar-refractivity contribution in [1.82, 2.24) is 15.0 Å². The van der Waals surface area contributed by atoms with Gasteiger partial charge in [0.15, 0.2) is 12.0 Å². The number of aldehydes is 1. The molecule has 0 saturated heterocycles. The summed E-state index contributed by atoms with van der Waals surface area (Å²) in [5.41, 5.74) is 2.37. The van der Waals surface area contributed by atoms with Crippen LogP contribution in [0.15, 0.2) is 24.3 Å². The summed E-state index contributed by atoms with van der Waals surface area (Å²) in [6.45, 7) is 5.34. The molecule has 1 aromatic heterocycles. The minimum Gasteiger partial charge on any atom is -0.487 e. The quantitative estimate of drug-likeness (QED) is 0.526. The first-order chi connectivity index (χ1) is 10.8. The highest BCUT2D eigenvalue weighted by molar-refractivity contribution is 5.73. The summed E-state index contributed by atoms with van der Waals surface area (Å²) in [6.07, 6.45) is 5.04. The van der Waals surface area contributed by atoms with Gasteiger partial charge in [-0.25, -0.2) is 4.68 Å². The van der Waals surface area contributed by atoms with E-state index in [1.807, 2.05) is 24.3 Å². The highest BCUT2D eigenvalue weighted by Gasteiger charge is 2.12. The van der Waals surface area contributed by atoms with Crippen molar-refractivity contribution in [2.24, 2.45) is 0 Å². The summed E-state index contributed by atoms with van der Waals surface area (Å²) >= 11 is 0. The number of aromatic nitrogens is 3. The smallest absolute Gasteiger partial charge is 0.172 e. The predicted octanol–water partition coefficient (Wildman–Crippen LogP) is 3.42. The minimum atomic E-state index is 0.304. The zero-order valence-electron chi connectivity index (χ0n) is 13.3. The zero-order chi connectivity index (χ0) is 15.8. The molecule has 0 N–H and O–H groups in total. The van der Waals surface area contributed by atoms with Gasteiger partial charge in [-0.2, -0.15) is 0 Å². The maximum Gasteiger partial charge on any atom is 0.172 e. The van der Waals surface area contributed by atoms with Gasteiger partial charge in [0.25, 0.3) is 0 Å². The second-order valence-electron chi connectivity index (χ2n) is 5.26. The van der Waals surface area contributed by atoms with Crippen molar-refractivity contribution in [3.63, 3.8) is 0 Å². The Morgan fingerprint density at radius 1 is 1.18 bits per heavy atom. The molecule has 1 aromatic carbocycles. The summed E-state index contributed by atoms with van der Waals surface area (Å²) in [7, 11) is 0. The Balaban J connectivity index is 2.03. The molecule has 0 radical (unpaired) electrons. The lowest BCUT2D eigenvalue weighted by Gasteiger charge is -2.09. The molecule has 0 saturated carbocycles. The molecule has 2 rings (SSSR count). The van der Waals surface area contributed by atoms with E-state index < -0.39 is 0 Å². The number of carbonyl (C=O) groups excluding carboxylic acids is 1. The summed E-state index contributed by atoms with van der Waals surface area (Å²) in [5.74, 6) is 0.787. The largest absolute Gasteiger partial charge is 0.487 e. The van der Waals surface area contributed by atoms with Gasteiger partial charge in [-0.3, -0.25) is 4.79 Å². The molecule has 22 heavy (non-hydrogen) atoms. The number of ether oxygens (including phenoxy) is 1. The number of hydrogen-bond donors (Lipinski definition) is 0. The Hall–Kier alpha value is -2.17. The number of unbranched alkanes of at least 4 members (excludes halogenated alkanes) is 2. The molecular weight excluding hydrogens is 278 g/mol. The van der Waals surface area contributed by atoms with Crippen LogP contribution in [-0.2, 0) is 19.6 Å². The van der Waals surface area contributed by atoms with Gasteiger partial charge < -0.3 is 4.74 Å². The molecule has 0 unspecified atom stereocenters. The molecule has 1 heterocycles. The Morgan fingerprint density at radius 3 is 2.59 bits per heavy atom. The second kappa shape index (κ2) is 8.32. The van der Waals surface area contributed by atoms with Crippen LogP contribution in [0, 0.1) is 0 Å². The summed E-state index contributed by atoms with van der Waals surface area (Å²) in [4.78, 5) is 11.1. The number of carbonyl (C=O) groups is 1. The Morgan fingerprint density at radius 2 is 1.95 bits per heavy atom. The molecule has 0 bridgehead atoms. The molecule has 118 valence electrons. The van der Waals surface area contributed by atoms with E-state index in [1.54, 1.807) is 4.68 Å². The topological polar surface area (TPSA) is 57.0 Å². The average Bonchev–Trinajstić information content (AvgIpc) is 2.95. The lowest BCUT2D eigenvalue weighted by molar-refractivity contribution is 0.111. The molecule has 0 atom stereocenters. The van der Waals surface area contributed by atoms with Crippen molar-refractivity contribution in [1.29, 1.82) is 0 Å². The summed E-state index contributed by atoms with van der Waals surface area (Å²) in [5, 5.41) is 7.97. The Labute approximate surface area is 131 Å². The molecule has 0 aliphatic carbocycles. The fourth-order valence-electron chi connectivity index (χ4n) is 2.25. The molecule has 2 aromatic rings. The molecule has 5 nitrogen and oxygen atoms in total. The van der Waals surface area contributed by atoms with Gasteiger partial charge in [0.05, 0.1) is 0 Å². The van der Waals surface area contributed by atoms with Crippen LogP contribution < -0.4 is 4.74 Å². The van der Waals surface area contributed by atoms with Crippen LogP contribution in [0.4, 0.5) is 0 Å². The van der Waals surface area contributed by atoms with Crippen LogP contribution in [0.3, 0.4) is 0 Å². The Kier molecular flexibility index (Phi) is 6.13. The second-order valence-corrected chi connectivity index (χ2v) is 5.26. The number of rotatable bonds is 9. The number of hydrogen-bond acceptors (Lipinski definition) is 4. The molecule has 0 amide bonds. The highest BCUT2D eigenvalue weighted by Crippen LogP contribution is 2.15. The van der Waals surface area contributed by atoms with E-state index in [9.17, 15) is 4.79 Å². The van der Waals surface area contributed by atoms with Crippen molar-refractivity contribution < 1.29 is 9.53 Å². The fourth-order valence-corrected chi connectivity index (χ4v) is 2.25. The SMILES string of the molecule is CCCCCn1nnc(C=O)c1COc1ccc(CC)cc1. The monoisotopic (exact) mass is 301 g/mol. The van der Waals surface area contributed by atoms with Crippen LogP contribution >= 0.6 is 0 Å². The highest BCUT2D eigenvalue weighted by atomic mass is 16.5. The summed E-state index contributed by atoms with van der Waals surface area (Å²) < 4.78 is 7.56. The zero-order valence-corrected chi connectivity index (χ0v) is 13.3. The van der Waals surface area contributed by atoms with E-state index in [1.165, 1.54) is 5.56 Å². The van der Waals surface area contributed by atoms with E-state index >= 15 is 0 Å². The molecule has 0 spiro atoms. The van der Waals surface area contributed by atoms with Gasteiger partial charge in [-0.05, 0) is 30.5 Å². The average molecular weight is 301 g/mol. The standard InChI is InChI=1S/C17H23N3O2/c1-3-5-6-11-20-17(16(12-21)18-19-20)13-22-15-9-7-14(4-2)8-10-15/h7-10,12H,3-6,11,13H2,1-2H3. The van der Waals surface area contributed by atoms with E-state index in [4.69, 9.17) is 4.74 Å². The lowest BCUT2D eigenvalue weighted by atomic mass is 10.2. The van der Waals surface area contributed by atoms with Crippen molar-refractivity contribution in [2.45, 2.75) is 52.7 Å². The van der Waals surface area contributed by atoms with Crippen molar-refractivity contribution in [3.8, 4) is 5.75 Å². The summed E-state index contributed by atoms with van der Waals surface area (Å²) in [6, 6.07) is 7.99. The van der Waals surface area contributed by atoms with E-state index in [-0.39, 0.29) is 0 Å². The van der Waals surface area contributed by atoms with E-state index in [0.717, 1.165) is 50.0 Å². The fraction of sp³-hybridized carbons (Fsp3) is 0.471. The molecular formula is C17H23N3O2. The third-order valence-electron chi connectivity index (χ3n) is 3.66. The molecule has 0 fully saturated rings. The van der Waals surface area contributed by atoms with Crippen molar-refractivity contribution in [3.05, 3.63) is 41.2 Å². The Bertz CT molecular complexity index is 590. The van der Waals surface area contributed by atoms with Gasteiger partial charge in [0.2, 0.25) is 0 Å². The van der Waals surface area contributed by atoms with E-state index in [2.05, 4.69) is 24.2 Å². The first-order valence-corrected chi connectivity index (χ1v) is 7.87. The maximum atomic E-state index is 11.1. The third-order valence-corrected chi connectivity index (χ3v) is 3.66. The number of aryl methyl sites for hydroxylation is 2.